The maximum absolute atomic E-state index is 12.0. The topological polar surface area (TPSA) is 83.6 Å². The number of nitrogens with zero attached hydrogens (tertiary/aromatic N) is 2. The molecule has 2 aromatic rings. The quantitative estimate of drug-likeness (QED) is 0.820. The molecule has 3 heterocycles. The van der Waals surface area contributed by atoms with Gasteiger partial charge in [-0.05, 0) is 11.4 Å². The number of amides is 2. The minimum atomic E-state index is -0.431. The second kappa shape index (κ2) is 6.86. The van der Waals surface area contributed by atoms with E-state index in [9.17, 15) is 9.59 Å². The molecule has 1 aliphatic rings. The number of aromatic nitrogens is 1. The molecule has 2 aromatic heterocycles. The van der Waals surface area contributed by atoms with Crippen LogP contribution in [-0.2, 0) is 4.74 Å². The number of thiophene rings is 1. The molecule has 0 radical (unpaired) electrons. The van der Waals surface area contributed by atoms with E-state index in [4.69, 9.17) is 4.74 Å². The zero-order valence-electron chi connectivity index (χ0n) is 11.6. The number of ether oxygens (including phenoxy) is 1. The van der Waals surface area contributed by atoms with Gasteiger partial charge < -0.3 is 9.64 Å². The van der Waals surface area contributed by atoms with Gasteiger partial charge >= 0.3 is 0 Å². The van der Waals surface area contributed by atoms with Gasteiger partial charge in [-0.1, -0.05) is 0 Å². The molecule has 3 rings (SSSR count). The maximum atomic E-state index is 12.0. The minimum absolute atomic E-state index is 0.289. The lowest BCUT2D eigenvalue weighted by molar-refractivity contribution is 0.0844. The lowest BCUT2D eigenvalue weighted by Gasteiger charge is -2.25. The van der Waals surface area contributed by atoms with E-state index >= 15 is 0 Å². The number of hydrogen-bond acceptors (Lipinski definition) is 7. The standard InChI is InChI=1S/C13H14N4O3S2/c18-11(9-1-6-21-7-9)15-16-12(19)10-8-22-13(14-10)17-2-4-20-5-3-17/h1,6-8H,2-5H2,(H,15,18)(H,16,19). The molecule has 22 heavy (non-hydrogen) atoms. The highest BCUT2D eigenvalue weighted by Crippen LogP contribution is 2.21. The third-order valence-corrected chi connectivity index (χ3v) is 4.66. The Morgan fingerprint density at radius 2 is 1.95 bits per heavy atom. The van der Waals surface area contributed by atoms with Gasteiger partial charge in [-0.15, -0.1) is 11.3 Å². The van der Waals surface area contributed by atoms with Crippen molar-refractivity contribution >= 4 is 39.6 Å². The first-order valence-electron chi connectivity index (χ1n) is 6.65. The number of rotatable bonds is 3. The molecule has 0 bridgehead atoms. The van der Waals surface area contributed by atoms with Gasteiger partial charge in [0.2, 0.25) is 0 Å². The lowest BCUT2D eigenvalue weighted by Crippen LogP contribution is -2.41. The summed E-state index contributed by atoms with van der Waals surface area (Å²) in [5.74, 6) is -0.780. The Bertz CT molecular complexity index is 650. The smallest absolute Gasteiger partial charge is 0.289 e. The van der Waals surface area contributed by atoms with Crippen LogP contribution in [0.5, 0.6) is 0 Å². The summed E-state index contributed by atoms with van der Waals surface area (Å²) in [6.07, 6.45) is 0. The number of hydrogen-bond donors (Lipinski definition) is 2. The van der Waals surface area contributed by atoms with E-state index in [1.807, 2.05) is 0 Å². The first kappa shape index (κ1) is 14.9. The fraction of sp³-hybridized carbons (Fsp3) is 0.308. The zero-order chi connectivity index (χ0) is 15.4. The van der Waals surface area contributed by atoms with Crippen LogP contribution in [0, 0.1) is 0 Å². The molecule has 2 N–H and O–H groups in total. The van der Waals surface area contributed by atoms with Crippen molar-refractivity contribution in [3.05, 3.63) is 33.5 Å². The molecule has 0 aliphatic carbocycles. The SMILES string of the molecule is O=C(NNC(=O)c1csc(N2CCOCC2)n1)c1ccsc1. The van der Waals surface area contributed by atoms with Crippen LogP contribution in [0.1, 0.15) is 20.8 Å². The summed E-state index contributed by atoms with van der Waals surface area (Å²) < 4.78 is 5.29. The first-order chi connectivity index (χ1) is 10.7. The first-order valence-corrected chi connectivity index (χ1v) is 8.47. The Morgan fingerprint density at radius 3 is 2.68 bits per heavy atom. The number of carbonyl (C=O) groups excluding carboxylic acids is 2. The normalized spacial score (nSPS) is 14.6. The van der Waals surface area contributed by atoms with Crippen LogP contribution in [0.15, 0.2) is 22.2 Å². The van der Waals surface area contributed by atoms with Crippen LogP contribution in [0.2, 0.25) is 0 Å². The number of morpholine rings is 1. The van der Waals surface area contributed by atoms with E-state index in [2.05, 4.69) is 20.7 Å². The molecule has 0 unspecified atom stereocenters. The Kier molecular flexibility index (Phi) is 4.66. The van der Waals surface area contributed by atoms with Gasteiger partial charge in [0.15, 0.2) is 5.13 Å². The fourth-order valence-corrected chi connectivity index (χ4v) is 3.41. The number of carbonyl (C=O) groups is 2. The van der Waals surface area contributed by atoms with Crippen LogP contribution < -0.4 is 15.8 Å². The molecule has 0 atom stereocenters. The van der Waals surface area contributed by atoms with E-state index in [0.717, 1.165) is 18.2 Å². The molecule has 0 aromatic carbocycles. The molecule has 1 aliphatic heterocycles. The summed E-state index contributed by atoms with van der Waals surface area (Å²) in [5.41, 5.74) is 5.54. The summed E-state index contributed by atoms with van der Waals surface area (Å²) in [5, 5.41) is 5.97. The fourth-order valence-electron chi connectivity index (χ4n) is 1.91. The van der Waals surface area contributed by atoms with E-state index < -0.39 is 5.91 Å². The van der Waals surface area contributed by atoms with Crippen LogP contribution in [0.3, 0.4) is 0 Å². The summed E-state index contributed by atoms with van der Waals surface area (Å²) in [6.45, 7) is 2.86. The molecule has 2 amide bonds. The van der Waals surface area contributed by atoms with E-state index in [1.165, 1.54) is 22.7 Å². The Hall–Kier alpha value is -1.97. The monoisotopic (exact) mass is 338 g/mol. The van der Waals surface area contributed by atoms with Gasteiger partial charge in [0.25, 0.3) is 11.8 Å². The van der Waals surface area contributed by atoms with Gasteiger partial charge in [0.1, 0.15) is 5.69 Å². The molecule has 7 nitrogen and oxygen atoms in total. The molecule has 116 valence electrons. The van der Waals surface area contributed by atoms with Crippen molar-refractivity contribution in [2.24, 2.45) is 0 Å². The van der Waals surface area contributed by atoms with Gasteiger partial charge in [0, 0.05) is 23.8 Å². The molecular formula is C13H14N4O3S2. The van der Waals surface area contributed by atoms with Crippen molar-refractivity contribution in [1.29, 1.82) is 0 Å². The van der Waals surface area contributed by atoms with Crippen LogP contribution >= 0.6 is 22.7 Å². The van der Waals surface area contributed by atoms with Crippen molar-refractivity contribution < 1.29 is 14.3 Å². The molecule has 0 spiro atoms. The summed E-state index contributed by atoms with van der Waals surface area (Å²) in [7, 11) is 0. The van der Waals surface area contributed by atoms with Crippen molar-refractivity contribution in [2.45, 2.75) is 0 Å². The number of thiazole rings is 1. The predicted molar refractivity (Wildman–Crippen MR) is 84.4 cm³/mol. The lowest BCUT2D eigenvalue weighted by atomic mass is 10.3. The van der Waals surface area contributed by atoms with Crippen LogP contribution in [-0.4, -0.2) is 43.1 Å². The van der Waals surface area contributed by atoms with Crippen LogP contribution in [0.4, 0.5) is 5.13 Å². The summed E-state index contributed by atoms with van der Waals surface area (Å²) in [6, 6.07) is 1.69. The zero-order valence-corrected chi connectivity index (χ0v) is 13.2. The molecule has 1 fully saturated rings. The van der Waals surface area contributed by atoms with Gasteiger partial charge in [0.05, 0.1) is 18.8 Å². The van der Waals surface area contributed by atoms with E-state index in [-0.39, 0.29) is 11.6 Å². The minimum Gasteiger partial charge on any atom is -0.378 e. The van der Waals surface area contributed by atoms with Gasteiger partial charge in [-0.25, -0.2) is 4.98 Å². The number of nitrogens with one attached hydrogen (secondary N) is 2. The third kappa shape index (κ3) is 3.43. The average molecular weight is 338 g/mol. The largest absolute Gasteiger partial charge is 0.378 e. The average Bonchev–Trinajstić information content (AvgIpc) is 3.24. The Morgan fingerprint density at radius 1 is 1.18 bits per heavy atom. The highest BCUT2D eigenvalue weighted by Gasteiger charge is 2.17. The molecule has 0 saturated carbocycles. The molecular weight excluding hydrogens is 324 g/mol. The predicted octanol–water partition coefficient (Wildman–Crippen LogP) is 1.12. The van der Waals surface area contributed by atoms with E-state index in [1.54, 1.807) is 22.2 Å². The molecule has 9 heteroatoms. The molecule has 1 saturated heterocycles. The highest BCUT2D eigenvalue weighted by molar-refractivity contribution is 7.14. The van der Waals surface area contributed by atoms with Crippen molar-refractivity contribution in [3.8, 4) is 0 Å². The van der Waals surface area contributed by atoms with Crippen molar-refractivity contribution in [2.75, 3.05) is 31.2 Å². The second-order valence-electron chi connectivity index (χ2n) is 4.54. The van der Waals surface area contributed by atoms with Gasteiger partial charge in [-0.3, -0.25) is 20.4 Å². The Balaban J connectivity index is 1.56. The summed E-state index contributed by atoms with van der Waals surface area (Å²) in [4.78, 5) is 30.1. The van der Waals surface area contributed by atoms with Gasteiger partial charge in [-0.2, -0.15) is 11.3 Å². The van der Waals surface area contributed by atoms with Crippen LogP contribution in [0.25, 0.3) is 0 Å². The summed E-state index contributed by atoms with van der Waals surface area (Å²) >= 11 is 2.82. The maximum Gasteiger partial charge on any atom is 0.289 e. The number of anilines is 1. The third-order valence-electron chi connectivity index (χ3n) is 3.08. The second-order valence-corrected chi connectivity index (χ2v) is 6.15. The van der Waals surface area contributed by atoms with Crippen molar-refractivity contribution in [3.63, 3.8) is 0 Å². The highest BCUT2D eigenvalue weighted by atomic mass is 32.1. The number of hydrazine groups is 1. The van der Waals surface area contributed by atoms with Crippen molar-refractivity contribution in [1.82, 2.24) is 15.8 Å². The Labute approximate surface area is 134 Å². The van der Waals surface area contributed by atoms with E-state index in [0.29, 0.717) is 18.8 Å².